The number of aromatic nitrogens is 6. The summed E-state index contributed by atoms with van der Waals surface area (Å²) in [5, 5.41) is 16.6. The van der Waals surface area contributed by atoms with Crippen LogP contribution in [0.2, 0.25) is 5.02 Å². The number of benzene rings is 2. The molecule has 3 aromatic heterocycles. The minimum Gasteiger partial charge on any atom is -0.361 e. The second-order valence-corrected chi connectivity index (χ2v) is 8.78. The number of fused-ring (bicyclic) bond motifs is 2. The van der Waals surface area contributed by atoms with Crippen LogP contribution in [0.4, 0.5) is 5.69 Å². The standard InChI is InChI=1S/C25H20ClN7O/c1-15(29-19-4-2-16-8-9-27-22(16)13-19)23-7-5-20-10-17(11-25(34)33(20)23)21-12-18(26)3-6-24(21)32-14-28-30-31-32/h2-4,6,8-14,23,27,29H,1,5,7H2/t23-/m0/s1. The summed E-state index contributed by atoms with van der Waals surface area (Å²) in [6.07, 6.45) is 5.00. The molecular weight excluding hydrogens is 450 g/mol. The molecule has 0 spiro atoms. The summed E-state index contributed by atoms with van der Waals surface area (Å²) in [6.45, 7) is 4.26. The zero-order valence-electron chi connectivity index (χ0n) is 18.1. The fourth-order valence-electron chi connectivity index (χ4n) is 4.69. The Hall–Kier alpha value is -4.17. The third-order valence-corrected chi connectivity index (χ3v) is 6.50. The van der Waals surface area contributed by atoms with Gasteiger partial charge in [-0.05, 0) is 76.7 Å². The molecule has 8 nitrogen and oxygen atoms in total. The van der Waals surface area contributed by atoms with E-state index < -0.39 is 0 Å². The number of aryl methyl sites for hydroxylation is 1. The molecule has 2 aromatic carbocycles. The first kappa shape index (κ1) is 20.4. The Morgan fingerprint density at radius 3 is 2.91 bits per heavy atom. The van der Waals surface area contributed by atoms with Gasteiger partial charge < -0.3 is 14.9 Å². The van der Waals surface area contributed by atoms with Gasteiger partial charge in [0.25, 0.3) is 5.56 Å². The molecule has 0 saturated carbocycles. The van der Waals surface area contributed by atoms with Gasteiger partial charge >= 0.3 is 0 Å². The van der Waals surface area contributed by atoms with E-state index in [2.05, 4.69) is 38.5 Å². The topological polar surface area (TPSA) is 93.4 Å². The smallest absolute Gasteiger partial charge is 0.251 e. The van der Waals surface area contributed by atoms with Crippen molar-refractivity contribution in [3.05, 3.63) is 100 Å². The van der Waals surface area contributed by atoms with E-state index in [1.807, 2.05) is 47.2 Å². The number of nitrogens with zero attached hydrogens (tertiary/aromatic N) is 5. The van der Waals surface area contributed by atoms with E-state index in [9.17, 15) is 4.79 Å². The average Bonchev–Trinajstić information content (AvgIpc) is 3.59. The average molecular weight is 470 g/mol. The van der Waals surface area contributed by atoms with E-state index in [0.717, 1.165) is 57.6 Å². The summed E-state index contributed by atoms with van der Waals surface area (Å²) in [6, 6.07) is 17.1. The van der Waals surface area contributed by atoms with E-state index in [4.69, 9.17) is 11.6 Å². The molecule has 0 amide bonds. The highest BCUT2D eigenvalue weighted by molar-refractivity contribution is 6.31. The molecule has 4 heterocycles. The van der Waals surface area contributed by atoms with Gasteiger partial charge in [-0.25, -0.2) is 0 Å². The van der Waals surface area contributed by atoms with E-state index in [1.165, 1.54) is 6.33 Å². The lowest BCUT2D eigenvalue weighted by molar-refractivity contribution is 0.594. The molecule has 6 rings (SSSR count). The molecule has 0 saturated heterocycles. The molecule has 1 atom stereocenters. The summed E-state index contributed by atoms with van der Waals surface area (Å²) >= 11 is 6.29. The number of rotatable bonds is 5. The predicted molar refractivity (Wildman–Crippen MR) is 132 cm³/mol. The number of H-pyrrole nitrogens is 1. The van der Waals surface area contributed by atoms with Crippen molar-refractivity contribution >= 4 is 28.2 Å². The molecule has 0 radical (unpaired) electrons. The third-order valence-electron chi connectivity index (χ3n) is 6.26. The number of anilines is 1. The Morgan fingerprint density at radius 1 is 1.15 bits per heavy atom. The fraction of sp³-hybridized carbons (Fsp3) is 0.120. The van der Waals surface area contributed by atoms with E-state index in [0.29, 0.717) is 5.02 Å². The van der Waals surface area contributed by atoms with Crippen LogP contribution in [0.3, 0.4) is 0 Å². The van der Waals surface area contributed by atoms with Crippen molar-refractivity contribution in [2.75, 3.05) is 5.32 Å². The third kappa shape index (κ3) is 3.48. The van der Waals surface area contributed by atoms with Crippen LogP contribution < -0.4 is 10.9 Å². The summed E-state index contributed by atoms with van der Waals surface area (Å²) in [5.41, 5.74) is 5.96. The van der Waals surface area contributed by atoms with Crippen molar-refractivity contribution in [3.63, 3.8) is 0 Å². The molecule has 9 heteroatoms. The first-order chi connectivity index (χ1) is 16.6. The van der Waals surface area contributed by atoms with Gasteiger partial charge in [-0.15, -0.1) is 5.10 Å². The summed E-state index contributed by atoms with van der Waals surface area (Å²) in [5.74, 6) is 0. The summed E-state index contributed by atoms with van der Waals surface area (Å²) in [4.78, 5) is 16.5. The number of nitrogens with one attached hydrogen (secondary N) is 2. The number of pyridine rings is 1. The van der Waals surface area contributed by atoms with Gasteiger partial charge in [0.1, 0.15) is 6.33 Å². The monoisotopic (exact) mass is 469 g/mol. The minimum absolute atomic E-state index is 0.0830. The van der Waals surface area contributed by atoms with E-state index in [-0.39, 0.29) is 11.6 Å². The zero-order chi connectivity index (χ0) is 23.2. The number of halogens is 1. The lowest BCUT2D eigenvalue weighted by Crippen LogP contribution is -2.25. The van der Waals surface area contributed by atoms with Gasteiger partial charge in [0, 0.05) is 45.4 Å². The lowest BCUT2D eigenvalue weighted by atomic mass is 10.0. The van der Waals surface area contributed by atoms with Gasteiger partial charge in [-0.1, -0.05) is 24.2 Å². The molecule has 2 N–H and O–H groups in total. The Balaban J connectivity index is 1.34. The van der Waals surface area contributed by atoms with Crippen LogP contribution >= 0.6 is 11.6 Å². The van der Waals surface area contributed by atoms with Crippen molar-refractivity contribution in [2.45, 2.75) is 18.9 Å². The van der Waals surface area contributed by atoms with E-state index >= 15 is 0 Å². The number of hydrogen-bond acceptors (Lipinski definition) is 5. The second-order valence-electron chi connectivity index (χ2n) is 8.34. The van der Waals surface area contributed by atoms with Crippen LogP contribution in [0.15, 0.2) is 84.2 Å². The molecule has 5 aromatic rings. The van der Waals surface area contributed by atoms with Gasteiger partial charge in [0.05, 0.1) is 11.7 Å². The minimum atomic E-state index is -0.130. The maximum absolute atomic E-state index is 13.3. The Morgan fingerprint density at radius 2 is 2.06 bits per heavy atom. The van der Waals surface area contributed by atoms with Crippen LogP contribution in [0.5, 0.6) is 0 Å². The van der Waals surface area contributed by atoms with Gasteiger partial charge in [0.15, 0.2) is 0 Å². The molecule has 168 valence electrons. The molecular formula is C25H20ClN7O. The number of hydrogen-bond donors (Lipinski definition) is 2. The molecule has 0 bridgehead atoms. The zero-order valence-corrected chi connectivity index (χ0v) is 18.8. The van der Waals surface area contributed by atoms with Crippen LogP contribution in [0.1, 0.15) is 18.2 Å². The fourth-order valence-corrected chi connectivity index (χ4v) is 4.86. The molecule has 0 aliphatic carbocycles. The number of allylic oxidation sites excluding steroid dienone is 1. The quantitative estimate of drug-likeness (QED) is 0.388. The molecule has 0 fully saturated rings. The predicted octanol–water partition coefficient (Wildman–Crippen LogP) is 4.74. The second kappa shape index (κ2) is 8.00. The van der Waals surface area contributed by atoms with Crippen molar-refractivity contribution in [1.82, 2.24) is 29.8 Å². The van der Waals surface area contributed by atoms with Crippen molar-refractivity contribution in [3.8, 4) is 16.8 Å². The van der Waals surface area contributed by atoms with E-state index in [1.54, 1.807) is 16.8 Å². The maximum Gasteiger partial charge on any atom is 0.251 e. The first-order valence-corrected chi connectivity index (χ1v) is 11.3. The molecule has 0 unspecified atom stereocenters. The van der Waals surface area contributed by atoms with Gasteiger partial charge in [-0.3, -0.25) is 4.79 Å². The highest BCUT2D eigenvalue weighted by Crippen LogP contribution is 2.34. The summed E-state index contributed by atoms with van der Waals surface area (Å²) in [7, 11) is 0. The molecule has 34 heavy (non-hydrogen) atoms. The normalized spacial score (nSPS) is 14.9. The van der Waals surface area contributed by atoms with Crippen molar-refractivity contribution in [2.24, 2.45) is 0 Å². The molecule has 1 aliphatic rings. The number of aromatic amines is 1. The van der Waals surface area contributed by atoms with Gasteiger partial charge in [-0.2, -0.15) is 4.68 Å². The largest absolute Gasteiger partial charge is 0.361 e. The van der Waals surface area contributed by atoms with Crippen LogP contribution in [0.25, 0.3) is 27.7 Å². The Labute approximate surface area is 199 Å². The Bertz CT molecular complexity index is 1600. The highest BCUT2D eigenvalue weighted by atomic mass is 35.5. The highest BCUT2D eigenvalue weighted by Gasteiger charge is 2.27. The first-order valence-electron chi connectivity index (χ1n) is 10.9. The Kier molecular flexibility index (Phi) is 4.81. The van der Waals surface area contributed by atoms with Crippen LogP contribution in [-0.4, -0.2) is 29.8 Å². The van der Waals surface area contributed by atoms with Crippen LogP contribution in [-0.2, 0) is 6.42 Å². The van der Waals surface area contributed by atoms with Crippen molar-refractivity contribution < 1.29 is 0 Å². The van der Waals surface area contributed by atoms with Crippen molar-refractivity contribution in [1.29, 1.82) is 0 Å². The molecule has 1 aliphatic heterocycles. The SMILES string of the molecule is C=C(Nc1ccc2cc[nH]c2c1)[C@@H]1CCc2cc(-c3cc(Cl)ccc3-n3cnnn3)cc(=O)n21. The maximum atomic E-state index is 13.3. The van der Waals surface area contributed by atoms with Crippen LogP contribution in [0, 0.1) is 0 Å². The van der Waals surface area contributed by atoms with Gasteiger partial charge in [0.2, 0.25) is 0 Å². The number of tetrazole rings is 1. The summed E-state index contributed by atoms with van der Waals surface area (Å²) < 4.78 is 3.39. The lowest BCUT2D eigenvalue weighted by Gasteiger charge is -2.20.